The summed E-state index contributed by atoms with van der Waals surface area (Å²) in [7, 11) is -2.93. The van der Waals surface area contributed by atoms with E-state index in [2.05, 4.69) is 12.2 Å². The Labute approximate surface area is 118 Å². The SMILES string of the molecule is CCCNCC1(CCS(=O)(=O)C(C)C)CCOCC1. The Morgan fingerprint density at radius 3 is 2.42 bits per heavy atom. The van der Waals surface area contributed by atoms with Crippen LogP contribution in [-0.4, -0.2) is 45.7 Å². The highest BCUT2D eigenvalue weighted by Crippen LogP contribution is 2.34. The molecular formula is C14H29NO3S. The van der Waals surface area contributed by atoms with Crippen molar-refractivity contribution < 1.29 is 13.2 Å². The van der Waals surface area contributed by atoms with E-state index >= 15 is 0 Å². The zero-order valence-corrected chi connectivity index (χ0v) is 13.4. The van der Waals surface area contributed by atoms with Gasteiger partial charge in [-0.25, -0.2) is 8.42 Å². The molecule has 19 heavy (non-hydrogen) atoms. The molecule has 1 saturated heterocycles. The molecule has 4 nitrogen and oxygen atoms in total. The van der Waals surface area contributed by atoms with E-state index in [1.54, 1.807) is 13.8 Å². The van der Waals surface area contributed by atoms with E-state index in [-0.39, 0.29) is 10.7 Å². The molecule has 0 unspecified atom stereocenters. The van der Waals surface area contributed by atoms with Crippen molar-refractivity contribution in [1.82, 2.24) is 5.32 Å². The van der Waals surface area contributed by atoms with E-state index < -0.39 is 9.84 Å². The first-order valence-electron chi connectivity index (χ1n) is 7.42. The van der Waals surface area contributed by atoms with Crippen LogP contribution in [0.5, 0.6) is 0 Å². The van der Waals surface area contributed by atoms with E-state index in [9.17, 15) is 8.42 Å². The first-order valence-corrected chi connectivity index (χ1v) is 9.13. The van der Waals surface area contributed by atoms with Crippen LogP contribution in [0.2, 0.25) is 0 Å². The molecule has 0 aromatic rings. The van der Waals surface area contributed by atoms with Crippen molar-refractivity contribution in [3.63, 3.8) is 0 Å². The van der Waals surface area contributed by atoms with Gasteiger partial charge in [-0.1, -0.05) is 6.92 Å². The maximum atomic E-state index is 12.0. The minimum absolute atomic E-state index is 0.107. The Balaban J connectivity index is 2.59. The molecule has 1 N–H and O–H groups in total. The smallest absolute Gasteiger partial charge is 0.152 e. The van der Waals surface area contributed by atoms with Gasteiger partial charge in [0.2, 0.25) is 0 Å². The van der Waals surface area contributed by atoms with Gasteiger partial charge in [0.05, 0.1) is 11.0 Å². The van der Waals surface area contributed by atoms with Crippen LogP contribution in [0, 0.1) is 5.41 Å². The average molecular weight is 291 g/mol. The number of sulfone groups is 1. The molecule has 0 aromatic heterocycles. The topological polar surface area (TPSA) is 55.4 Å². The molecule has 0 bridgehead atoms. The third-order valence-electron chi connectivity index (χ3n) is 4.12. The summed E-state index contributed by atoms with van der Waals surface area (Å²) < 4.78 is 29.4. The fourth-order valence-electron chi connectivity index (χ4n) is 2.44. The lowest BCUT2D eigenvalue weighted by molar-refractivity contribution is 0.0133. The normalized spacial score (nSPS) is 19.8. The number of nitrogens with one attached hydrogen (secondary N) is 1. The van der Waals surface area contributed by atoms with Crippen molar-refractivity contribution in [2.24, 2.45) is 5.41 Å². The maximum Gasteiger partial charge on any atom is 0.152 e. The van der Waals surface area contributed by atoms with Crippen LogP contribution >= 0.6 is 0 Å². The Morgan fingerprint density at radius 2 is 1.89 bits per heavy atom. The molecule has 0 spiro atoms. The molecule has 0 aromatic carbocycles. The lowest BCUT2D eigenvalue weighted by Gasteiger charge is -2.37. The van der Waals surface area contributed by atoms with Gasteiger partial charge in [-0.3, -0.25) is 0 Å². The van der Waals surface area contributed by atoms with Crippen molar-refractivity contribution in [1.29, 1.82) is 0 Å². The Hall–Kier alpha value is -0.130. The summed E-state index contributed by atoms with van der Waals surface area (Å²) in [5.74, 6) is 0.304. The van der Waals surface area contributed by atoms with Gasteiger partial charge in [-0.2, -0.15) is 0 Å². The zero-order valence-electron chi connectivity index (χ0n) is 12.6. The molecule has 1 fully saturated rings. The van der Waals surface area contributed by atoms with E-state index in [1.807, 2.05) is 0 Å². The van der Waals surface area contributed by atoms with Crippen molar-refractivity contribution in [2.75, 3.05) is 32.1 Å². The lowest BCUT2D eigenvalue weighted by atomic mass is 9.78. The van der Waals surface area contributed by atoms with E-state index in [4.69, 9.17) is 4.74 Å². The molecule has 0 radical (unpaired) electrons. The molecule has 0 saturated carbocycles. The third-order valence-corrected chi connectivity index (χ3v) is 6.33. The van der Waals surface area contributed by atoms with Crippen LogP contribution in [0.3, 0.4) is 0 Å². The molecule has 0 atom stereocenters. The van der Waals surface area contributed by atoms with Crippen molar-refractivity contribution in [2.45, 2.75) is 51.7 Å². The minimum Gasteiger partial charge on any atom is -0.381 e. The Kier molecular flexibility index (Phi) is 6.77. The largest absolute Gasteiger partial charge is 0.381 e. The third kappa shape index (κ3) is 5.40. The molecule has 1 aliphatic heterocycles. The molecule has 1 rings (SSSR count). The number of hydrogen-bond acceptors (Lipinski definition) is 4. The van der Waals surface area contributed by atoms with E-state index in [1.165, 1.54) is 0 Å². The summed E-state index contributed by atoms with van der Waals surface area (Å²) >= 11 is 0. The van der Waals surface area contributed by atoms with Crippen LogP contribution in [-0.2, 0) is 14.6 Å². The van der Waals surface area contributed by atoms with Gasteiger partial charge < -0.3 is 10.1 Å². The van der Waals surface area contributed by atoms with Crippen LogP contribution in [0.15, 0.2) is 0 Å². The first-order chi connectivity index (χ1) is 8.92. The first kappa shape index (κ1) is 16.9. The predicted octanol–water partition coefficient (Wildman–Crippen LogP) is 2.00. The van der Waals surface area contributed by atoms with Crippen molar-refractivity contribution >= 4 is 9.84 Å². The van der Waals surface area contributed by atoms with Crippen LogP contribution < -0.4 is 5.32 Å². The predicted molar refractivity (Wildman–Crippen MR) is 79.2 cm³/mol. The van der Waals surface area contributed by atoms with Crippen LogP contribution in [0.25, 0.3) is 0 Å². The molecular weight excluding hydrogens is 262 g/mol. The van der Waals surface area contributed by atoms with Crippen molar-refractivity contribution in [3.05, 3.63) is 0 Å². The number of hydrogen-bond donors (Lipinski definition) is 1. The monoisotopic (exact) mass is 291 g/mol. The molecule has 1 aliphatic rings. The maximum absolute atomic E-state index is 12.0. The summed E-state index contributed by atoms with van der Waals surface area (Å²) in [6.45, 7) is 9.11. The van der Waals surface area contributed by atoms with Crippen molar-refractivity contribution in [3.8, 4) is 0 Å². The number of rotatable bonds is 8. The van der Waals surface area contributed by atoms with Crippen LogP contribution in [0.1, 0.15) is 46.5 Å². The highest BCUT2D eigenvalue weighted by Gasteiger charge is 2.34. The van der Waals surface area contributed by atoms with Gasteiger partial charge in [-0.05, 0) is 51.5 Å². The average Bonchev–Trinajstić information content (AvgIpc) is 2.38. The second-order valence-electron chi connectivity index (χ2n) is 5.95. The fourth-order valence-corrected chi connectivity index (χ4v) is 3.63. The quantitative estimate of drug-likeness (QED) is 0.695. The second-order valence-corrected chi connectivity index (χ2v) is 8.63. The molecule has 114 valence electrons. The van der Waals surface area contributed by atoms with Gasteiger partial charge in [0.1, 0.15) is 0 Å². The highest BCUT2D eigenvalue weighted by atomic mass is 32.2. The lowest BCUT2D eigenvalue weighted by Crippen LogP contribution is -2.41. The summed E-state index contributed by atoms with van der Waals surface area (Å²) in [5.41, 5.74) is 0.107. The molecule has 5 heteroatoms. The second kappa shape index (κ2) is 7.60. The molecule has 0 amide bonds. The summed E-state index contributed by atoms with van der Waals surface area (Å²) in [5, 5.41) is 3.19. The van der Waals surface area contributed by atoms with Gasteiger partial charge in [0.25, 0.3) is 0 Å². The van der Waals surface area contributed by atoms with Gasteiger partial charge in [0.15, 0.2) is 9.84 Å². The fraction of sp³-hybridized carbons (Fsp3) is 1.00. The Morgan fingerprint density at radius 1 is 1.26 bits per heavy atom. The summed E-state index contributed by atoms with van der Waals surface area (Å²) in [4.78, 5) is 0. The van der Waals surface area contributed by atoms with E-state index in [0.717, 1.165) is 52.0 Å². The van der Waals surface area contributed by atoms with Gasteiger partial charge >= 0.3 is 0 Å². The zero-order chi connectivity index (χ0) is 14.4. The summed E-state index contributed by atoms with van der Waals surface area (Å²) in [6, 6.07) is 0. The Bertz CT molecular complexity index is 346. The van der Waals surface area contributed by atoms with Gasteiger partial charge in [0, 0.05) is 19.8 Å². The molecule has 1 heterocycles. The standard InChI is InChI=1S/C14H29NO3S/c1-4-8-15-12-14(5-9-18-10-6-14)7-11-19(16,17)13(2)3/h13,15H,4-12H2,1-3H3. The highest BCUT2D eigenvalue weighted by molar-refractivity contribution is 7.91. The number of ether oxygens (including phenoxy) is 1. The minimum atomic E-state index is -2.93. The van der Waals surface area contributed by atoms with E-state index in [0.29, 0.717) is 5.75 Å². The molecule has 0 aliphatic carbocycles. The summed E-state index contributed by atoms with van der Waals surface area (Å²) in [6.07, 6.45) is 3.80. The van der Waals surface area contributed by atoms with Crippen LogP contribution in [0.4, 0.5) is 0 Å². The van der Waals surface area contributed by atoms with Gasteiger partial charge in [-0.15, -0.1) is 0 Å².